The predicted octanol–water partition coefficient (Wildman–Crippen LogP) is 2.03. The summed E-state index contributed by atoms with van der Waals surface area (Å²) in [5, 5.41) is 14.5. The first kappa shape index (κ1) is 41.0. The molecule has 4 aliphatic rings. The predicted molar refractivity (Wildman–Crippen MR) is 195 cm³/mol. The van der Waals surface area contributed by atoms with Crippen LogP contribution < -0.4 is 26.6 Å². The van der Waals surface area contributed by atoms with Gasteiger partial charge >= 0.3 is 6.03 Å². The highest BCUT2D eigenvalue weighted by Gasteiger charge is 2.69. The molecule has 0 aromatic carbocycles. The first-order valence-corrected chi connectivity index (χ1v) is 18.9. The van der Waals surface area contributed by atoms with Crippen LogP contribution in [0.5, 0.6) is 0 Å². The number of nitrogens with one attached hydrogen (secondary N) is 5. The maximum absolute atomic E-state index is 14.4. The molecule has 0 aromatic heterocycles. The summed E-state index contributed by atoms with van der Waals surface area (Å²) in [5.74, 6) is -3.11. The van der Waals surface area contributed by atoms with Crippen molar-refractivity contribution in [2.24, 2.45) is 28.1 Å². The smallest absolute Gasteiger partial charge is 0.315 e. The summed E-state index contributed by atoms with van der Waals surface area (Å²) in [5.41, 5.74) is -1.19. The van der Waals surface area contributed by atoms with E-state index < -0.39 is 64.5 Å². The Morgan fingerprint density at radius 3 is 2.25 bits per heavy atom. The van der Waals surface area contributed by atoms with Gasteiger partial charge < -0.3 is 31.5 Å². The maximum atomic E-state index is 14.4. The number of Topliss-reactive ketones (excluding diaryl/α,β-unsaturated/α-hetero) is 1. The number of urea groups is 1. The lowest BCUT2D eigenvalue weighted by Gasteiger charge is -2.40. The second kappa shape index (κ2) is 16.5. The van der Waals surface area contributed by atoms with Crippen LogP contribution in [0.15, 0.2) is 12.7 Å². The van der Waals surface area contributed by atoms with Gasteiger partial charge in [-0.25, -0.2) is 4.79 Å². The third kappa shape index (κ3) is 9.78. The minimum atomic E-state index is -1.04. The molecule has 6 atom stereocenters. The molecule has 5 N–H and O–H groups in total. The highest BCUT2D eigenvalue weighted by atomic mass is 16.2. The van der Waals surface area contributed by atoms with Crippen LogP contribution in [0.1, 0.15) is 99.8 Å². The van der Waals surface area contributed by atoms with Gasteiger partial charge in [0, 0.05) is 39.0 Å². The van der Waals surface area contributed by atoms with E-state index in [9.17, 15) is 33.6 Å². The molecular weight excluding hydrogens is 666 g/mol. The Morgan fingerprint density at radius 2 is 1.62 bits per heavy atom. The fourth-order valence-corrected chi connectivity index (χ4v) is 8.02. The lowest BCUT2D eigenvalue weighted by Crippen LogP contribution is -2.62. The number of piperidine rings is 2. The van der Waals surface area contributed by atoms with Crippen molar-refractivity contribution in [3.8, 4) is 0 Å². The number of imide groups is 1. The van der Waals surface area contributed by atoms with Crippen molar-refractivity contribution in [2.45, 2.75) is 124 Å². The number of rotatable bonds is 8. The Labute approximate surface area is 308 Å². The molecule has 0 aromatic rings. The van der Waals surface area contributed by atoms with Gasteiger partial charge in [-0.2, -0.15) is 0 Å². The van der Waals surface area contributed by atoms with Gasteiger partial charge in [-0.05, 0) is 47.5 Å². The Hall–Kier alpha value is -3.81. The summed E-state index contributed by atoms with van der Waals surface area (Å²) in [7, 11) is 0. The van der Waals surface area contributed by atoms with Crippen molar-refractivity contribution in [3.05, 3.63) is 12.7 Å². The molecule has 1 saturated carbocycles. The molecule has 52 heavy (non-hydrogen) atoms. The number of likely N-dealkylation sites (tertiary alicyclic amines) is 1. The van der Waals surface area contributed by atoms with Crippen LogP contribution in [0.3, 0.4) is 0 Å². The second-order valence-electron chi connectivity index (χ2n) is 17.6. The number of carbonyl (C=O) groups excluding carboxylic acids is 7. The van der Waals surface area contributed by atoms with Crippen molar-refractivity contribution in [1.29, 1.82) is 0 Å². The van der Waals surface area contributed by atoms with Gasteiger partial charge in [0.25, 0.3) is 5.91 Å². The van der Waals surface area contributed by atoms with Gasteiger partial charge in [0.1, 0.15) is 12.1 Å². The molecule has 3 saturated heterocycles. The zero-order chi connectivity index (χ0) is 38.6. The molecule has 0 spiro atoms. The summed E-state index contributed by atoms with van der Waals surface area (Å²) in [6, 6.07) is -4.21. The molecule has 4 fully saturated rings. The molecule has 3 heterocycles. The average Bonchev–Trinajstić information content (AvgIpc) is 3.35. The number of nitrogens with zero attached hydrogens (tertiary/aromatic N) is 2. The van der Waals surface area contributed by atoms with Gasteiger partial charge in [0.2, 0.25) is 29.4 Å². The largest absolute Gasteiger partial charge is 0.346 e. The summed E-state index contributed by atoms with van der Waals surface area (Å²) >= 11 is 0. The first-order chi connectivity index (χ1) is 24.3. The molecule has 4 rings (SSSR count). The maximum Gasteiger partial charge on any atom is 0.315 e. The minimum absolute atomic E-state index is 0.000157. The fraction of sp³-hybridized carbons (Fsp3) is 0.763. The molecule has 3 aliphatic heterocycles. The number of hydrogen-bond donors (Lipinski definition) is 5. The van der Waals surface area contributed by atoms with Crippen LogP contribution in [0.25, 0.3) is 0 Å². The number of amides is 7. The van der Waals surface area contributed by atoms with Crippen molar-refractivity contribution < 1.29 is 33.6 Å². The van der Waals surface area contributed by atoms with E-state index in [0.29, 0.717) is 25.9 Å². The summed E-state index contributed by atoms with van der Waals surface area (Å²) in [6.45, 7) is 18.3. The van der Waals surface area contributed by atoms with E-state index >= 15 is 0 Å². The Bertz CT molecular complexity index is 1400. The van der Waals surface area contributed by atoms with Crippen LogP contribution >= 0.6 is 0 Å². The standard InChI is InChI=1S/C38H61N7O7/c1-9-16-40-33(50)31(48)24-15-13-11-10-12-14-17-39-20-25(34(51)45-21-23-29(38(23,7)8)30(45)32(49)41-24)42-35(52)43-26(36(2,3)4)22-44-27(46)18-37(5,6)19-28(44)47/h9,23-26,29-30,39H,1,10-22H2,2-8H3,(H,40,50)(H,41,49)(H2,42,43,52)/t23-,24-,25-,26+,29-,30-/m0/s1. The topological polar surface area (TPSA) is 186 Å². The molecule has 0 unspecified atom stereocenters. The Balaban J connectivity index is 1.55. The third-order valence-corrected chi connectivity index (χ3v) is 11.4. The van der Waals surface area contributed by atoms with E-state index in [-0.39, 0.29) is 61.5 Å². The molecular formula is C38H61N7O7. The lowest BCUT2D eigenvalue weighted by molar-refractivity contribution is -0.153. The molecule has 0 radical (unpaired) electrons. The average molecular weight is 728 g/mol. The highest BCUT2D eigenvalue weighted by Crippen LogP contribution is 2.65. The quantitative estimate of drug-likeness (QED) is 0.143. The zero-order valence-corrected chi connectivity index (χ0v) is 32.2. The van der Waals surface area contributed by atoms with Crippen LogP contribution in [-0.2, 0) is 28.8 Å². The van der Waals surface area contributed by atoms with Crippen LogP contribution in [0.4, 0.5) is 4.79 Å². The molecule has 1 aliphatic carbocycles. The van der Waals surface area contributed by atoms with E-state index in [1.54, 1.807) is 0 Å². The van der Waals surface area contributed by atoms with Crippen LogP contribution in [0, 0.1) is 28.1 Å². The molecule has 0 bridgehead atoms. The van der Waals surface area contributed by atoms with Crippen molar-refractivity contribution in [3.63, 3.8) is 0 Å². The Morgan fingerprint density at radius 1 is 0.981 bits per heavy atom. The van der Waals surface area contributed by atoms with Crippen molar-refractivity contribution >= 4 is 41.4 Å². The van der Waals surface area contributed by atoms with Crippen molar-refractivity contribution in [2.75, 3.05) is 32.7 Å². The van der Waals surface area contributed by atoms with E-state index in [0.717, 1.165) is 25.7 Å². The van der Waals surface area contributed by atoms with Gasteiger partial charge in [-0.3, -0.25) is 33.7 Å². The van der Waals surface area contributed by atoms with Crippen LogP contribution in [-0.4, -0.2) is 108 Å². The van der Waals surface area contributed by atoms with E-state index in [1.165, 1.54) is 15.9 Å². The lowest BCUT2D eigenvalue weighted by atomic mass is 9.80. The van der Waals surface area contributed by atoms with E-state index in [2.05, 4.69) is 47.0 Å². The SMILES string of the molecule is C=CCNC(=O)C(=O)[C@@H]1CCCCCCCNC[C@H](NC(=O)N[C@H](CN2C(=O)CC(C)(C)CC2=O)C(C)(C)C)C(=O)N2C[C@H]3[C@@H]([C@H]2C(=O)N1)C3(C)C. The monoisotopic (exact) mass is 727 g/mol. The summed E-state index contributed by atoms with van der Waals surface area (Å²) in [4.78, 5) is 96.8. The zero-order valence-electron chi connectivity index (χ0n) is 32.2. The summed E-state index contributed by atoms with van der Waals surface area (Å²) in [6.07, 6.45) is 6.33. The second-order valence-corrected chi connectivity index (χ2v) is 17.6. The van der Waals surface area contributed by atoms with E-state index in [1.807, 2.05) is 34.6 Å². The van der Waals surface area contributed by atoms with Gasteiger partial charge in [0.15, 0.2) is 0 Å². The van der Waals surface area contributed by atoms with Gasteiger partial charge in [-0.15, -0.1) is 6.58 Å². The highest BCUT2D eigenvalue weighted by molar-refractivity contribution is 6.38. The third-order valence-electron chi connectivity index (χ3n) is 11.4. The Kier molecular flexibility index (Phi) is 13.0. The summed E-state index contributed by atoms with van der Waals surface area (Å²) < 4.78 is 0. The molecule has 7 amide bonds. The normalized spacial score (nSPS) is 28.9. The first-order valence-electron chi connectivity index (χ1n) is 18.9. The fourth-order valence-electron chi connectivity index (χ4n) is 8.02. The van der Waals surface area contributed by atoms with Crippen LogP contribution in [0.2, 0.25) is 0 Å². The molecule has 14 nitrogen and oxygen atoms in total. The number of hydrogen-bond acceptors (Lipinski definition) is 8. The molecule has 14 heteroatoms. The number of fused-ring (bicyclic) bond motifs is 3. The van der Waals surface area contributed by atoms with Crippen molar-refractivity contribution in [1.82, 2.24) is 36.4 Å². The minimum Gasteiger partial charge on any atom is -0.346 e. The number of carbonyl (C=O) groups is 7. The van der Waals surface area contributed by atoms with Gasteiger partial charge in [0.05, 0.1) is 12.1 Å². The van der Waals surface area contributed by atoms with E-state index in [4.69, 9.17) is 0 Å². The number of ketones is 1. The van der Waals surface area contributed by atoms with Gasteiger partial charge in [-0.1, -0.05) is 80.2 Å². The molecule has 290 valence electrons.